The van der Waals surface area contributed by atoms with Gasteiger partial charge in [0.15, 0.2) is 0 Å². The van der Waals surface area contributed by atoms with Gasteiger partial charge in [-0.05, 0) is 129 Å². The summed E-state index contributed by atoms with van der Waals surface area (Å²) in [5, 5.41) is 1.14. The largest absolute Gasteiger partial charge is 0.459 e. The van der Waals surface area contributed by atoms with Crippen molar-refractivity contribution in [3.8, 4) is 33.4 Å². The number of rotatable bonds is 7. The highest BCUT2D eigenvalue weighted by Gasteiger charge is 2.55. The number of benzene rings is 9. The molecule has 3 nitrogen and oxygen atoms in total. The standard InChI is InChI=1S/C57H38N2O/c1-5-17-41(18-6-1)58(42-19-7-2-8-20-42)45-32-29-39(30-33-45)40-31-35-48-47-25-13-15-27-51(47)57(52(48)37-40)53-38-46(59(43-21-9-3-10-22-43)44-23-11-4-12-24-44)34-36-49(53)55-50-26-14-16-28-54(50)60-56(55)57/h1-38H. The fraction of sp³-hybridized carbons (Fsp3) is 0.0175. The lowest BCUT2D eigenvalue weighted by atomic mass is 9.72. The van der Waals surface area contributed by atoms with E-state index in [0.717, 1.165) is 62.0 Å². The van der Waals surface area contributed by atoms with Crippen molar-refractivity contribution >= 4 is 45.1 Å². The molecule has 1 aromatic heterocycles. The van der Waals surface area contributed by atoms with E-state index in [4.69, 9.17) is 4.42 Å². The van der Waals surface area contributed by atoms with Gasteiger partial charge >= 0.3 is 0 Å². The lowest BCUT2D eigenvalue weighted by Gasteiger charge is -2.31. The smallest absolute Gasteiger partial charge is 0.135 e. The van der Waals surface area contributed by atoms with Crippen molar-refractivity contribution in [3.63, 3.8) is 0 Å². The minimum atomic E-state index is -0.683. The molecular formula is C57H38N2O. The first-order valence-corrected chi connectivity index (χ1v) is 20.6. The first-order valence-electron chi connectivity index (χ1n) is 20.6. The number of fused-ring (bicyclic) bond motifs is 12. The van der Waals surface area contributed by atoms with Crippen molar-refractivity contribution in [2.75, 3.05) is 9.80 Å². The van der Waals surface area contributed by atoms with Gasteiger partial charge in [-0.15, -0.1) is 0 Å². The number of hydrogen-bond donors (Lipinski definition) is 0. The van der Waals surface area contributed by atoms with Crippen LogP contribution in [0.25, 0.3) is 44.3 Å². The van der Waals surface area contributed by atoms with E-state index < -0.39 is 5.41 Å². The third-order valence-electron chi connectivity index (χ3n) is 12.4. The predicted octanol–water partition coefficient (Wildman–Crippen LogP) is 15.4. The second-order valence-corrected chi connectivity index (χ2v) is 15.6. The highest BCUT2D eigenvalue weighted by atomic mass is 16.3. The molecule has 0 amide bonds. The molecule has 60 heavy (non-hydrogen) atoms. The second kappa shape index (κ2) is 13.6. The molecule has 2 aliphatic carbocycles. The first kappa shape index (κ1) is 34.2. The van der Waals surface area contributed by atoms with Crippen LogP contribution in [0.2, 0.25) is 0 Å². The summed E-state index contributed by atoms with van der Waals surface area (Å²) >= 11 is 0. The number of para-hydroxylation sites is 5. The van der Waals surface area contributed by atoms with Crippen LogP contribution in [0, 0.1) is 0 Å². The molecule has 0 fully saturated rings. The minimum Gasteiger partial charge on any atom is -0.459 e. The predicted molar refractivity (Wildman–Crippen MR) is 247 cm³/mol. The van der Waals surface area contributed by atoms with E-state index in [-0.39, 0.29) is 0 Å². The second-order valence-electron chi connectivity index (χ2n) is 15.6. The summed E-state index contributed by atoms with van der Waals surface area (Å²) in [5.41, 5.74) is 17.8. The SMILES string of the molecule is c1ccc(N(c2ccccc2)c2ccc(-c3ccc4c(c3)C3(c5ccccc5-4)c4cc(N(c5ccccc5)c5ccccc5)ccc4-c4c3oc3ccccc43)cc2)cc1. The molecule has 0 N–H and O–H groups in total. The van der Waals surface area contributed by atoms with Crippen molar-refractivity contribution in [2.45, 2.75) is 5.41 Å². The van der Waals surface area contributed by atoms with E-state index in [1.54, 1.807) is 0 Å². The molecule has 1 atom stereocenters. The van der Waals surface area contributed by atoms with Crippen molar-refractivity contribution in [1.82, 2.24) is 0 Å². The van der Waals surface area contributed by atoms with E-state index in [1.165, 1.54) is 38.9 Å². The Morgan fingerprint density at radius 3 is 1.40 bits per heavy atom. The van der Waals surface area contributed by atoms with Crippen LogP contribution in [0.1, 0.15) is 22.5 Å². The van der Waals surface area contributed by atoms with Gasteiger partial charge in [-0.3, -0.25) is 0 Å². The normalized spacial score (nSPS) is 14.4. The van der Waals surface area contributed by atoms with E-state index in [1.807, 2.05) is 0 Å². The Morgan fingerprint density at radius 2 is 0.767 bits per heavy atom. The summed E-state index contributed by atoms with van der Waals surface area (Å²) in [6.07, 6.45) is 0. The van der Waals surface area contributed by atoms with Gasteiger partial charge in [0.1, 0.15) is 16.8 Å². The van der Waals surface area contributed by atoms with Gasteiger partial charge < -0.3 is 14.2 Å². The number of anilines is 6. The lowest BCUT2D eigenvalue weighted by molar-refractivity contribution is 0.507. The van der Waals surface area contributed by atoms with Gasteiger partial charge in [0.25, 0.3) is 0 Å². The minimum absolute atomic E-state index is 0.683. The van der Waals surface area contributed by atoms with Gasteiger partial charge in [-0.25, -0.2) is 0 Å². The maximum Gasteiger partial charge on any atom is 0.135 e. The molecule has 10 aromatic rings. The third-order valence-corrected chi connectivity index (χ3v) is 12.4. The van der Waals surface area contributed by atoms with Crippen LogP contribution in [0.3, 0.4) is 0 Å². The van der Waals surface area contributed by atoms with Gasteiger partial charge in [-0.1, -0.05) is 146 Å². The highest BCUT2D eigenvalue weighted by molar-refractivity contribution is 6.05. The lowest BCUT2D eigenvalue weighted by Crippen LogP contribution is -2.26. The Bertz CT molecular complexity index is 3110. The number of furan rings is 1. The molecular weight excluding hydrogens is 729 g/mol. The van der Waals surface area contributed by atoms with E-state index >= 15 is 0 Å². The molecule has 3 heteroatoms. The average Bonchev–Trinajstić information content (AvgIpc) is 3.94. The van der Waals surface area contributed by atoms with Gasteiger partial charge in [0, 0.05) is 45.1 Å². The van der Waals surface area contributed by atoms with Crippen LogP contribution in [0.15, 0.2) is 235 Å². The van der Waals surface area contributed by atoms with Crippen LogP contribution in [-0.2, 0) is 5.41 Å². The molecule has 0 aliphatic heterocycles. The first-order chi connectivity index (χ1) is 29.8. The summed E-state index contributed by atoms with van der Waals surface area (Å²) < 4.78 is 7.17. The molecule has 12 rings (SSSR count). The molecule has 0 saturated carbocycles. The Hall–Kier alpha value is -7.88. The van der Waals surface area contributed by atoms with Crippen molar-refractivity contribution < 1.29 is 4.42 Å². The maximum absolute atomic E-state index is 7.17. The van der Waals surface area contributed by atoms with Crippen LogP contribution in [0.5, 0.6) is 0 Å². The average molecular weight is 767 g/mol. The van der Waals surface area contributed by atoms with E-state index in [2.05, 4.69) is 240 Å². The molecule has 1 heterocycles. The van der Waals surface area contributed by atoms with Crippen LogP contribution in [-0.4, -0.2) is 0 Å². The van der Waals surface area contributed by atoms with Crippen LogP contribution >= 0.6 is 0 Å². The van der Waals surface area contributed by atoms with E-state index in [0.29, 0.717) is 0 Å². The highest BCUT2D eigenvalue weighted by Crippen LogP contribution is 2.65. The van der Waals surface area contributed by atoms with Crippen molar-refractivity contribution in [3.05, 3.63) is 253 Å². The molecule has 282 valence electrons. The maximum atomic E-state index is 7.17. The fourth-order valence-corrected chi connectivity index (χ4v) is 9.90. The van der Waals surface area contributed by atoms with Crippen molar-refractivity contribution in [2.24, 2.45) is 0 Å². The summed E-state index contributed by atoms with van der Waals surface area (Å²) in [6, 6.07) is 83.0. The summed E-state index contributed by atoms with van der Waals surface area (Å²) in [6.45, 7) is 0. The Kier molecular flexibility index (Phi) is 7.76. The number of nitrogens with zero attached hydrogens (tertiary/aromatic N) is 2. The van der Waals surface area contributed by atoms with E-state index in [9.17, 15) is 0 Å². The van der Waals surface area contributed by atoms with Crippen molar-refractivity contribution in [1.29, 1.82) is 0 Å². The Morgan fingerprint density at radius 1 is 0.317 bits per heavy atom. The summed E-state index contributed by atoms with van der Waals surface area (Å²) in [5.74, 6) is 0.988. The molecule has 9 aromatic carbocycles. The van der Waals surface area contributed by atoms with Gasteiger partial charge in [0.05, 0.1) is 0 Å². The molecule has 0 radical (unpaired) electrons. The zero-order valence-electron chi connectivity index (χ0n) is 32.7. The Labute approximate surface area is 349 Å². The van der Waals surface area contributed by atoms with Gasteiger partial charge in [-0.2, -0.15) is 0 Å². The van der Waals surface area contributed by atoms with Crippen LogP contribution in [0.4, 0.5) is 34.1 Å². The zero-order valence-corrected chi connectivity index (χ0v) is 32.7. The zero-order chi connectivity index (χ0) is 39.6. The molecule has 2 aliphatic rings. The van der Waals surface area contributed by atoms with Crippen LogP contribution < -0.4 is 9.80 Å². The summed E-state index contributed by atoms with van der Waals surface area (Å²) in [7, 11) is 0. The third kappa shape index (κ3) is 5.09. The monoisotopic (exact) mass is 766 g/mol. The summed E-state index contributed by atoms with van der Waals surface area (Å²) in [4.78, 5) is 4.67. The quantitative estimate of drug-likeness (QED) is 0.161. The fourth-order valence-electron chi connectivity index (χ4n) is 9.90. The van der Waals surface area contributed by atoms with Gasteiger partial charge in [0.2, 0.25) is 0 Å². The Balaban J connectivity index is 1.07. The number of hydrogen-bond acceptors (Lipinski definition) is 3. The molecule has 1 unspecified atom stereocenters. The molecule has 0 bridgehead atoms. The topological polar surface area (TPSA) is 19.6 Å². The molecule has 0 saturated heterocycles. The molecule has 1 spiro atoms.